The number of aliphatic hydroxyl groups is 1. The average molecular weight is 288 g/mol. The van der Waals surface area contributed by atoms with Gasteiger partial charge in [0.15, 0.2) is 0 Å². The highest BCUT2D eigenvalue weighted by Crippen LogP contribution is 2.07. The lowest BCUT2D eigenvalue weighted by Gasteiger charge is -2.11. The molecule has 0 radical (unpaired) electrons. The molecule has 8 heteroatoms. The average Bonchev–Trinajstić information content (AvgIpc) is 2.82. The van der Waals surface area contributed by atoms with Gasteiger partial charge in [-0.25, -0.2) is 0 Å². The largest absolute Gasteiger partial charge is 0.390 e. The molecule has 1 heterocycles. The highest BCUT2D eigenvalue weighted by molar-refractivity contribution is 7.98. The molecule has 19 heavy (non-hydrogen) atoms. The SMILES string of the molecule is CSCCCCNCC(O)Cn1cc([N+](=O)[O-])cn1. The van der Waals surface area contributed by atoms with Gasteiger partial charge in [-0.15, -0.1) is 0 Å². The molecule has 0 amide bonds. The van der Waals surface area contributed by atoms with Crippen LogP contribution in [0.4, 0.5) is 5.69 Å². The molecule has 0 aliphatic rings. The molecule has 0 aliphatic carbocycles. The molecular weight excluding hydrogens is 268 g/mol. The van der Waals surface area contributed by atoms with Crippen LogP contribution in [0.2, 0.25) is 0 Å². The van der Waals surface area contributed by atoms with E-state index in [9.17, 15) is 15.2 Å². The van der Waals surface area contributed by atoms with E-state index in [1.165, 1.54) is 17.1 Å². The molecule has 1 aromatic heterocycles. The van der Waals surface area contributed by atoms with Crippen LogP contribution >= 0.6 is 11.8 Å². The second-order valence-electron chi connectivity index (χ2n) is 4.24. The fourth-order valence-corrected chi connectivity index (χ4v) is 2.09. The number of aliphatic hydroxyl groups excluding tert-OH is 1. The first kappa shape index (κ1) is 15.9. The molecule has 0 fully saturated rings. The van der Waals surface area contributed by atoms with Crippen LogP contribution in [-0.2, 0) is 6.54 Å². The molecule has 1 aromatic rings. The molecule has 0 bridgehead atoms. The third-order valence-electron chi connectivity index (χ3n) is 2.56. The van der Waals surface area contributed by atoms with Gasteiger partial charge in [0.1, 0.15) is 12.4 Å². The van der Waals surface area contributed by atoms with Gasteiger partial charge in [0.05, 0.1) is 17.6 Å². The minimum atomic E-state index is -0.597. The number of hydrogen-bond donors (Lipinski definition) is 2. The quantitative estimate of drug-likeness (QED) is 0.377. The van der Waals surface area contributed by atoms with Crippen LogP contribution in [0.1, 0.15) is 12.8 Å². The standard InChI is InChI=1S/C11H20N4O3S/c1-19-5-3-2-4-12-7-11(16)9-14-8-10(6-13-14)15(17)18/h6,8,11-12,16H,2-5,7,9H2,1H3. The van der Waals surface area contributed by atoms with E-state index in [4.69, 9.17) is 0 Å². The van der Waals surface area contributed by atoms with Crippen LogP contribution in [0.25, 0.3) is 0 Å². The van der Waals surface area contributed by atoms with E-state index in [2.05, 4.69) is 16.7 Å². The van der Waals surface area contributed by atoms with Crippen molar-refractivity contribution >= 4 is 17.4 Å². The highest BCUT2D eigenvalue weighted by atomic mass is 32.2. The van der Waals surface area contributed by atoms with Gasteiger partial charge in [-0.3, -0.25) is 14.8 Å². The van der Waals surface area contributed by atoms with Gasteiger partial charge in [0.25, 0.3) is 0 Å². The molecule has 0 saturated carbocycles. The maximum atomic E-state index is 10.5. The summed E-state index contributed by atoms with van der Waals surface area (Å²) in [4.78, 5) is 9.97. The minimum absolute atomic E-state index is 0.0581. The molecule has 0 saturated heterocycles. The highest BCUT2D eigenvalue weighted by Gasteiger charge is 2.11. The monoisotopic (exact) mass is 288 g/mol. The number of aromatic nitrogens is 2. The Labute approximate surface area is 116 Å². The first-order chi connectivity index (χ1) is 9.13. The van der Waals surface area contributed by atoms with Crippen molar-refractivity contribution in [1.29, 1.82) is 0 Å². The summed E-state index contributed by atoms with van der Waals surface area (Å²) in [6.45, 7) is 1.59. The van der Waals surface area contributed by atoms with E-state index in [0.29, 0.717) is 6.54 Å². The molecular formula is C11H20N4O3S. The van der Waals surface area contributed by atoms with E-state index < -0.39 is 11.0 Å². The van der Waals surface area contributed by atoms with E-state index >= 15 is 0 Å². The third kappa shape index (κ3) is 6.55. The Morgan fingerprint density at radius 1 is 1.63 bits per heavy atom. The summed E-state index contributed by atoms with van der Waals surface area (Å²) >= 11 is 1.83. The third-order valence-corrected chi connectivity index (χ3v) is 3.26. The van der Waals surface area contributed by atoms with Crippen LogP contribution in [0.3, 0.4) is 0 Å². The molecule has 0 aliphatic heterocycles. The first-order valence-electron chi connectivity index (χ1n) is 6.18. The van der Waals surface area contributed by atoms with Crippen LogP contribution in [-0.4, -0.2) is 51.0 Å². The van der Waals surface area contributed by atoms with Gasteiger partial charge in [-0.1, -0.05) is 0 Å². The predicted molar refractivity (Wildman–Crippen MR) is 75.4 cm³/mol. The molecule has 1 rings (SSSR count). The summed E-state index contributed by atoms with van der Waals surface area (Å²) in [7, 11) is 0. The zero-order chi connectivity index (χ0) is 14.1. The van der Waals surface area contributed by atoms with Crippen molar-refractivity contribution < 1.29 is 10.0 Å². The smallest absolute Gasteiger partial charge is 0.306 e. The Kier molecular flexibility index (Phi) is 7.46. The van der Waals surface area contributed by atoms with Gasteiger partial charge >= 0.3 is 5.69 Å². The van der Waals surface area contributed by atoms with E-state index in [1.54, 1.807) is 0 Å². The number of nitrogens with one attached hydrogen (secondary N) is 1. The van der Waals surface area contributed by atoms with Crippen LogP contribution < -0.4 is 5.32 Å². The Hall–Kier alpha value is -1.12. The minimum Gasteiger partial charge on any atom is -0.390 e. The second kappa shape index (κ2) is 8.89. The summed E-state index contributed by atoms with van der Waals surface area (Å²) in [6.07, 6.45) is 6.24. The number of nitrogens with zero attached hydrogens (tertiary/aromatic N) is 3. The summed E-state index contributed by atoms with van der Waals surface area (Å²) < 4.78 is 1.39. The van der Waals surface area contributed by atoms with Crippen molar-refractivity contribution in [2.75, 3.05) is 25.1 Å². The lowest BCUT2D eigenvalue weighted by atomic mass is 10.3. The number of rotatable bonds is 10. The van der Waals surface area contributed by atoms with Gasteiger partial charge in [-0.2, -0.15) is 16.9 Å². The van der Waals surface area contributed by atoms with Crippen molar-refractivity contribution in [2.24, 2.45) is 0 Å². The zero-order valence-corrected chi connectivity index (χ0v) is 11.8. The van der Waals surface area contributed by atoms with Gasteiger partial charge in [0.2, 0.25) is 0 Å². The van der Waals surface area contributed by atoms with Crippen LogP contribution in [0.15, 0.2) is 12.4 Å². The molecule has 1 unspecified atom stereocenters. The van der Waals surface area contributed by atoms with Gasteiger partial charge < -0.3 is 10.4 Å². The molecule has 0 spiro atoms. The molecule has 2 N–H and O–H groups in total. The fourth-order valence-electron chi connectivity index (χ4n) is 1.59. The lowest BCUT2D eigenvalue weighted by molar-refractivity contribution is -0.385. The van der Waals surface area contributed by atoms with Crippen molar-refractivity contribution in [3.8, 4) is 0 Å². The topological polar surface area (TPSA) is 93.2 Å². The maximum Gasteiger partial charge on any atom is 0.306 e. The number of unbranched alkanes of at least 4 members (excludes halogenated alkanes) is 1. The second-order valence-corrected chi connectivity index (χ2v) is 5.22. The zero-order valence-electron chi connectivity index (χ0n) is 11.0. The maximum absolute atomic E-state index is 10.5. The van der Waals surface area contributed by atoms with Crippen molar-refractivity contribution in [1.82, 2.24) is 15.1 Å². The summed E-state index contributed by atoms with van der Waals surface area (Å²) in [5, 5.41) is 27.2. The Bertz CT molecular complexity index is 386. The summed E-state index contributed by atoms with van der Waals surface area (Å²) in [5.41, 5.74) is -0.0581. The summed E-state index contributed by atoms with van der Waals surface area (Å²) in [5.74, 6) is 1.15. The molecule has 108 valence electrons. The number of hydrogen-bond acceptors (Lipinski definition) is 6. The molecule has 7 nitrogen and oxygen atoms in total. The Balaban J connectivity index is 2.16. The van der Waals surface area contributed by atoms with E-state index in [-0.39, 0.29) is 12.2 Å². The lowest BCUT2D eigenvalue weighted by Crippen LogP contribution is -2.31. The number of nitro groups is 1. The predicted octanol–water partition coefficient (Wildman–Crippen LogP) is 0.885. The Morgan fingerprint density at radius 3 is 3.05 bits per heavy atom. The van der Waals surface area contributed by atoms with Crippen molar-refractivity contribution in [3.63, 3.8) is 0 Å². The molecule has 0 aromatic carbocycles. The fraction of sp³-hybridized carbons (Fsp3) is 0.727. The normalized spacial score (nSPS) is 12.5. The summed E-state index contributed by atoms with van der Waals surface area (Å²) in [6, 6.07) is 0. The van der Waals surface area contributed by atoms with Crippen molar-refractivity contribution in [3.05, 3.63) is 22.5 Å². The van der Waals surface area contributed by atoms with E-state index in [1.807, 2.05) is 11.8 Å². The van der Waals surface area contributed by atoms with Crippen molar-refractivity contribution in [2.45, 2.75) is 25.5 Å². The molecule has 1 atom stereocenters. The number of thioether (sulfide) groups is 1. The van der Waals surface area contributed by atoms with Gasteiger partial charge in [-0.05, 0) is 31.4 Å². The van der Waals surface area contributed by atoms with E-state index in [0.717, 1.165) is 25.1 Å². The van der Waals surface area contributed by atoms with Crippen LogP contribution in [0, 0.1) is 10.1 Å². The van der Waals surface area contributed by atoms with Gasteiger partial charge in [0, 0.05) is 6.54 Å². The Morgan fingerprint density at radius 2 is 2.42 bits per heavy atom. The van der Waals surface area contributed by atoms with Crippen LogP contribution in [0.5, 0.6) is 0 Å². The first-order valence-corrected chi connectivity index (χ1v) is 7.57.